The Labute approximate surface area is 102 Å². The smallest absolute Gasteiger partial charge is 0.236 e. The molecule has 0 radical (unpaired) electrons. The largest absolute Gasteiger partial charge is 0.494 e. The monoisotopic (exact) mass is 236 g/mol. The molecule has 4 nitrogen and oxygen atoms in total. The highest BCUT2D eigenvalue weighted by atomic mass is 16.5. The number of nitrogens with two attached hydrogens (primary N) is 1. The van der Waals surface area contributed by atoms with E-state index in [4.69, 9.17) is 10.5 Å². The van der Waals surface area contributed by atoms with Gasteiger partial charge in [-0.2, -0.15) is 0 Å². The molecular weight excluding hydrogens is 216 g/mol. The van der Waals surface area contributed by atoms with E-state index < -0.39 is 0 Å². The van der Waals surface area contributed by atoms with Crippen molar-refractivity contribution in [2.75, 3.05) is 19.7 Å². The van der Waals surface area contributed by atoms with Crippen LogP contribution in [0.25, 0.3) is 0 Å². The minimum Gasteiger partial charge on any atom is -0.494 e. The molecule has 0 aromatic heterocycles. The molecule has 0 aliphatic carbocycles. The number of nitrogens with zero attached hydrogens (tertiary/aromatic N) is 1. The zero-order chi connectivity index (χ0) is 12.7. The van der Waals surface area contributed by atoms with Gasteiger partial charge in [-0.25, -0.2) is 0 Å². The Balaban J connectivity index is 2.64. The summed E-state index contributed by atoms with van der Waals surface area (Å²) in [4.78, 5) is 13.2. The highest BCUT2D eigenvalue weighted by Crippen LogP contribution is 2.13. The van der Waals surface area contributed by atoms with E-state index in [1.165, 1.54) is 0 Å². The van der Waals surface area contributed by atoms with Gasteiger partial charge in [-0.05, 0) is 31.5 Å². The molecule has 0 saturated heterocycles. The lowest BCUT2D eigenvalue weighted by molar-refractivity contribution is -0.130. The van der Waals surface area contributed by atoms with Gasteiger partial charge in [-0.15, -0.1) is 0 Å². The fraction of sp³-hybridized carbons (Fsp3) is 0.462. The van der Waals surface area contributed by atoms with E-state index in [1.54, 1.807) is 4.90 Å². The van der Waals surface area contributed by atoms with Crippen LogP contribution in [0.15, 0.2) is 24.3 Å². The van der Waals surface area contributed by atoms with Crippen LogP contribution in [0, 0.1) is 0 Å². The van der Waals surface area contributed by atoms with Crippen molar-refractivity contribution < 1.29 is 9.53 Å². The molecule has 0 fully saturated rings. The second-order valence-corrected chi connectivity index (χ2v) is 3.69. The van der Waals surface area contributed by atoms with E-state index in [0.29, 0.717) is 19.7 Å². The molecule has 1 aromatic rings. The second-order valence-electron chi connectivity index (χ2n) is 3.69. The van der Waals surface area contributed by atoms with E-state index in [9.17, 15) is 4.79 Å². The summed E-state index contributed by atoms with van der Waals surface area (Å²) < 4.78 is 5.36. The normalized spacial score (nSPS) is 10.1. The summed E-state index contributed by atoms with van der Waals surface area (Å²) >= 11 is 0. The van der Waals surface area contributed by atoms with E-state index >= 15 is 0 Å². The van der Waals surface area contributed by atoms with Crippen LogP contribution in [-0.4, -0.2) is 30.5 Å². The molecule has 0 aliphatic heterocycles. The van der Waals surface area contributed by atoms with Gasteiger partial charge in [0.2, 0.25) is 5.91 Å². The van der Waals surface area contributed by atoms with Gasteiger partial charge in [-0.3, -0.25) is 4.79 Å². The van der Waals surface area contributed by atoms with Crippen molar-refractivity contribution in [1.82, 2.24) is 4.90 Å². The highest BCUT2D eigenvalue weighted by Gasteiger charge is 2.09. The Bertz CT molecular complexity index is 349. The maximum Gasteiger partial charge on any atom is 0.236 e. The van der Waals surface area contributed by atoms with Crippen LogP contribution in [0.1, 0.15) is 19.4 Å². The first kappa shape index (κ1) is 13.5. The zero-order valence-corrected chi connectivity index (χ0v) is 10.5. The number of benzene rings is 1. The second kappa shape index (κ2) is 6.91. The van der Waals surface area contributed by atoms with Crippen molar-refractivity contribution in [3.63, 3.8) is 0 Å². The van der Waals surface area contributed by atoms with E-state index in [-0.39, 0.29) is 12.5 Å². The van der Waals surface area contributed by atoms with Crippen molar-refractivity contribution in [3.8, 4) is 5.75 Å². The topological polar surface area (TPSA) is 55.6 Å². The molecular formula is C13H20N2O2. The minimum absolute atomic E-state index is 0.0265. The molecule has 17 heavy (non-hydrogen) atoms. The lowest BCUT2D eigenvalue weighted by atomic mass is 10.2. The Morgan fingerprint density at radius 3 is 2.41 bits per heavy atom. The third-order valence-electron chi connectivity index (χ3n) is 2.52. The summed E-state index contributed by atoms with van der Waals surface area (Å²) in [5.74, 6) is 0.825. The third-order valence-corrected chi connectivity index (χ3v) is 2.52. The number of hydrogen-bond acceptors (Lipinski definition) is 3. The average molecular weight is 236 g/mol. The van der Waals surface area contributed by atoms with E-state index in [1.807, 2.05) is 38.1 Å². The van der Waals surface area contributed by atoms with Gasteiger partial charge >= 0.3 is 0 Å². The number of ether oxygens (including phenoxy) is 1. The van der Waals surface area contributed by atoms with Gasteiger partial charge in [-0.1, -0.05) is 12.1 Å². The van der Waals surface area contributed by atoms with Gasteiger partial charge in [0.05, 0.1) is 13.2 Å². The molecule has 0 heterocycles. The number of hydrogen-bond donors (Lipinski definition) is 1. The first-order valence-electron chi connectivity index (χ1n) is 5.90. The van der Waals surface area contributed by atoms with Crippen molar-refractivity contribution >= 4 is 5.91 Å². The maximum absolute atomic E-state index is 11.5. The number of carbonyl (C=O) groups is 1. The predicted octanol–water partition coefficient (Wildman–Crippen LogP) is 1.39. The number of carbonyl (C=O) groups excluding carboxylic acids is 1. The lowest BCUT2D eigenvalue weighted by Crippen LogP contribution is -2.35. The van der Waals surface area contributed by atoms with Gasteiger partial charge in [0, 0.05) is 13.1 Å². The van der Waals surface area contributed by atoms with Crippen molar-refractivity contribution in [1.29, 1.82) is 0 Å². The molecule has 0 saturated carbocycles. The molecule has 0 bridgehead atoms. The van der Waals surface area contributed by atoms with Crippen molar-refractivity contribution in [2.24, 2.45) is 5.73 Å². The quantitative estimate of drug-likeness (QED) is 0.812. The van der Waals surface area contributed by atoms with Gasteiger partial charge < -0.3 is 15.4 Å². The first-order chi connectivity index (χ1) is 8.21. The summed E-state index contributed by atoms with van der Waals surface area (Å²) in [5.41, 5.74) is 6.44. The molecule has 4 heteroatoms. The standard InChI is InChI=1S/C13H20N2O2/c1-3-15(13(16)9-14)10-11-5-7-12(8-6-11)17-4-2/h5-8H,3-4,9-10,14H2,1-2H3. The van der Waals surface area contributed by atoms with Gasteiger partial charge in [0.15, 0.2) is 0 Å². The van der Waals surface area contributed by atoms with Crippen LogP contribution in [0.5, 0.6) is 5.75 Å². The summed E-state index contributed by atoms with van der Waals surface area (Å²) in [5, 5.41) is 0. The predicted molar refractivity (Wildman–Crippen MR) is 67.8 cm³/mol. The van der Waals surface area contributed by atoms with Crippen LogP contribution in [-0.2, 0) is 11.3 Å². The Hall–Kier alpha value is -1.55. The van der Waals surface area contributed by atoms with Gasteiger partial charge in [0.25, 0.3) is 0 Å². The molecule has 1 amide bonds. The number of amides is 1. The summed E-state index contributed by atoms with van der Waals surface area (Å²) in [6.45, 7) is 5.88. The Morgan fingerprint density at radius 1 is 1.29 bits per heavy atom. The lowest BCUT2D eigenvalue weighted by Gasteiger charge is -2.20. The van der Waals surface area contributed by atoms with Crippen LogP contribution in [0.4, 0.5) is 0 Å². The number of rotatable bonds is 6. The molecule has 1 aromatic carbocycles. The molecule has 0 unspecified atom stereocenters. The van der Waals surface area contributed by atoms with E-state index in [0.717, 1.165) is 11.3 Å². The molecule has 0 aliphatic rings. The SMILES string of the molecule is CCOc1ccc(CN(CC)C(=O)CN)cc1. The Kier molecular flexibility index (Phi) is 5.49. The third kappa shape index (κ3) is 4.07. The highest BCUT2D eigenvalue weighted by molar-refractivity contribution is 5.77. The average Bonchev–Trinajstić information content (AvgIpc) is 2.37. The van der Waals surface area contributed by atoms with Gasteiger partial charge in [0.1, 0.15) is 5.75 Å². The molecule has 0 spiro atoms. The fourth-order valence-electron chi connectivity index (χ4n) is 1.58. The summed E-state index contributed by atoms with van der Waals surface area (Å²) in [6, 6.07) is 7.77. The van der Waals surface area contributed by atoms with Crippen LogP contribution < -0.4 is 10.5 Å². The fourth-order valence-corrected chi connectivity index (χ4v) is 1.58. The first-order valence-corrected chi connectivity index (χ1v) is 5.90. The van der Waals surface area contributed by atoms with Crippen LogP contribution >= 0.6 is 0 Å². The summed E-state index contributed by atoms with van der Waals surface area (Å²) in [6.07, 6.45) is 0. The van der Waals surface area contributed by atoms with E-state index in [2.05, 4.69) is 0 Å². The number of likely N-dealkylation sites (N-methyl/N-ethyl adjacent to an activating group) is 1. The minimum atomic E-state index is -0.0265. The molecule has 1 rings (SSSR count). The van der Waals surface area contributed by atoms with Crippen LogP contribution in [0.3, 0.4) is 0 Å². The Morgan fingerprint density at radius 2 is 1.94 bits per heavy atom. The maximum atomic E-state index is 11.5. The molecule has 2 N–H and O–H groups in total. The van der Waals surface area contributed by atoms with Crippen LogP contribution in [0.2, 0.25) is 0 Å². The molecule has 0 atom stereocenters. The van der Waals surface area contributed by atoms with Crippen molar-refractivity contribution in [3.05, 3.63) is 29.8 Å². The summed E-state index contributed by atoms with van der Waals surface area (Å²) in [7, 11) is 0. The zero-order valence-electron chi connectivity index (χ0n) is 10.5. The molecule has 94 valence electrons. The van der Waals surface area contributed by atoms with Crippen molar-refractivity contribution in [2.45, 2.75) is 20.4 Å².